The second-order valence-electron chi connectivity index (χ2n) is 7.80. The van der Waals surface area contributed by atoms with Crippen LogP contribution in [-0.4, -0.2) is 45.3 Å². The van der Waals surface area contributed by atoms with Gasteiger partial charge in [0.2, 0.25) is 0 Å². The van der Waals surface area contributed by atoms with Crippen LogP contribution in [-0.2, 0) is 7.05 Å². The summed E-state index contributed by atoms with van der Waals surface area (Å²) in [6.07, 6.45) is 3.85. The highest BCUT2D eigenvalue weighted by Crippen LogP contribution is 2.34. The third-order valence-electron chi connectivity index (χ3n) is 5.52. The number of ether oxygens (including phenoxy) is 1. The smallest absolute Gasteiger partial charge is 0.420 e. The van der Waals surface area contributed by atoms with E-state index < -0.39 is 11.5 Å². The van der Waals surface area contributed by atoms with Crippen molar-refractivity contribution in [3.63, 3.8) is 0 Å². The number of hydrogen-bond donors (Lipinski definition) is 2. The van der Waals surface area contributed by atoms with E-state index in [1.165, 1.54) is 41.1 Å². The van der Waals surface area contributed by atoms with Gasteiger partial charge >= 0.3 is 5.57 Å². The van der Waals surface area contributed by atoms with Crippen molar-refractivity contribution in [3.05, 3.63) is 70.8 Å². The first-order valence-electron chi connectivity index (χ1n) is 10.4. The highest BCUT2D eigenvalue weighted by molar-refractivity contribution is 6.20. The van der Waals surface area contributed by atoms with E-state index in [0.29, 0.717) is 29.2 Å². The molecule has 1 atom stereocenters. The molecule has 1 amide bonds. The molecule has 11 heteroatoms. The number of aliphatic hydroxyl groups is 1. The monoisotopic (exact) mass is 490 g/mol. The number of halogens is 3. The summed E-state index contributed by atoms with van der Waals surface area (Å²) in [5.41, 5.74) is -2.31. The summed E-state index contributed by atoms with van der Waals surface area (Å²) >= 11 is 4.75. The predicted molar refractivity (Wildman–Crippen MR) is 124 cm³/mol. The van der Waals surface area contributed by atoms with Crippen molar-refractivity contribution < 1.29 is 23.4 Å². The molecule has 0 aliphatic carbocycles. The highest BCUT2D eigenvalue weighted by atomic mass is 35.5. The number of pyridine rings is 2. The number of carbonyl (C=O) groups is 1. The van der Waals surface area contributed by atoms with Gasteiger partial charge < -0.3 is 24.6 Å². The van der Waals surface area contributed by atoms with E-state index in [9.17, 15) is 23.5 Å². The number of benzene rings is 1. The van der Waals surface area contributed by atoms with Crippen LogP contribution in [0, 0.1) is 0 Å². The van der Waals surface area contributed by atoms with Crippen molar-refractivity contribution in [1.82, 2.24) is 9.55 Å². The van der Waals surface area contributed by atoms with E-state index in [4.69, 9.17) is 11.6 Å². The van der Waals surface area contributed by atoms with E-state index in [2.05, 4.69) is 15.0 Å². The fourth-order valence-electron chi connectivity index (χ4n) is 3.59. The number of rotatable bonds is 7. The van der Waals surface area contributed by atoms with Crippen LogP contribution < -0.4 is 20.5 Å². The minimum atomic E-state index is -3.83. The average Bonchev–Trinajstić information content (AvgIpc) is 2.76. The van der Waals surface area contributed by atoms with Crippen molar-refractivity contribution in [3.8, 4) is 16.9 Å². The molecule has 1 saturated heterocycles. The number of hydrogen-bond acceptors (Lipinski definition) is 6. The van der Waals surface area contributed by atoms with Gasteiger partial charge in [-0.05, 0) is 48.4 Å². The summed E-state index contributed by atoms with van der Waals surface area (Å²) in [7, 11) is 1.64. The number of aryl methyl sites for hydroxylation is 1. The SMILES string of the molecule is Cn1ccc(-c2cc(C(=O)Nc3ccc(OC(F)(F)Cl)cc3)cnc2N2CCC2CO)cc1=O. The minimum absolute atomic E-state index is 0.0325. The molecule has 0 radical (unpaired) electrons. The van der Waals surface area contributed by atoms with E-state index in [-0.39, 0.29) is 29.5 Å². The van der Waals surface area contributed by atoms with Crippen LogP contribution >= 0.6 is 11.6 Å². The van der Waals surface area contributed by atoms with Crippen molar-refractivity contribution in [2.75, 3.05) is 23.4 Å². The zero-order valence-corrected chi connectivity index (χ0v) is 18.8. The summed E-state index contributed by atoms with van der Waals surface area (Å²) < 4.78 is 31.2. The Morgan fingerprint density at radius 2 is 2.03 bits per heavy atom. The minimum Gasteiger partial charge on any atom is -0.420 e. The van der Waals surface area contributed by atoms with Gasteiger partial charge in [-0.2, -0.15) is 0 Å². The average molecular weight is 491 g/mol. The number of carbonyl (C=O) groups excluding carboxylic acids is 1. The zero-order valence-electron chi connectivity index (χ0n) is 18.0. The van der Waals surface area contributed by atoms with Crippen molar-refractivity contribution >= 4 is 29.0 Å². The molecule has 2 aromatic heterocycles. The van der Waals surface area contributed by atoms with Gasteiger partial charge in [0.1, 0.15) is 11.6 Å². The molecule has 1 fully saturated rings. The Labute approximate surface area is 198 Å². The van der Waals surface area contributed by atoms with Crippen LogP contribution in [0.2, 0.25) is 0 Å². The first-order chi connectivity index (χ1) is 16.1. The van der Waals surface area contributed by atoms with Crippen LogP contribution in [0.4, 0.5) is 20.3 Å². The number of alkyl halides is 3. The Morgan fingerprint density at radius 3 is 2.62 bits per heavy atom. The van der Waals surface area contributed by atoms with E-state index in [1.54, 1.807) is 25.4 Å². The van der Waals surface area contributed by atoms with E-state index in [0.717, 1.165) is 6.42 Å². The van der Waals surface area contributed by atoms with E-state index >= 15 is 0 Å². The van der Waals surface area contributed by atoms with Crippen molar-refractivity contribution in [1.29, 1.82) is 0 Å². The number of aromatic nitrogens is 2. The molecule has 178 valence electrons. The van der Waals surface area contributed by atoms with Crippen LogP contribution in [0.1, 0.15) is 16.8 Å². The summed E-state index contributed by atoms with van der Waals surface area (Å²) in [6, 6.07) is 10.0. The van der Waals surface area contributed by atoms with Crippen molar-refractivity contribution in [2.24, 2.45) is 7.05 Å². The molecule has 0 bridgehead atoms. The Morgan fingerprint density at radius 1 is 1.29 bits per heavy atom. The van der Waals surface area contributed by atoms with Gasteiger partial charge in [-0.25, -0.2) is 4.98 Å². The molecule has 2 N–H and O–H groups in total. The Bertz CT molecular complexity index is 1260. The van der Waals surface area contributed by atoms with Crippen LogP contribution in [0.15, 0.2) is 59.7 Å². The van der Waals surface area contributed by atoms with Gasteiger partial charge in [-0.1, -0.05) is 0 Å². The summed E-state index contributed by atoms with van der Waals surface area (Å²) in [4.78, 5) is 31.5. The second-order valence-corrected chi connectivity index (χ2v) is 8.24. The second kappa shape index (κ2) is 9.40. The highest BCUT2D eigenvalue weighted by Gasteiger charge is 2.31. The third kappa shape index (κ3) is 5.18. The lowest BCUT2D eigenvalue weighted by molar-refractivity contribution is -0.0964. The summed E-state index contributed by atoms with van der Waals surface area (Å²) in [6.45, 7) is 0.659. The van der Waals surface area contributed by atoms with Gasteiger partial charge in [0.15, 0.2) is 0 Å². The molecule has 1 aliphatic rings. The molecule has 8 nitrogen and oxygen atoms in total. The molecule has 0 saturated carbocycles. The summed E-state index contributed by atoms with van der Waals surface area (Å²) in [5.74, 6) is -0.0775. The van der Waals surface area contributed by atoms with Crippen molar-refractivity contribution in [2.45, 2.75) is 18.0 Å². The number of nitrogens with zero attached hydrogens (tertiary/aromatic N) is 3. The molecule has 1 aromatic carbocycles. The lowest BCUT2D eigenvalue weighted by Gasteiger charge is -2.41. The summed E-state index contributed by atoms with van der Waals surface area (Å²) in [5, 5.41) is 12.3. The van der Waals surface area contributed by atoms with Gasteiger partial charge in [-0.15, -0.1) is 8.78 Å². The third-order valence-corrected chi connectivity index (χ3v) is 5.59. The maximum Gasteiger partial charge on any atom is 0.487 e. The Hall–Kier alpha value is -3.50. The Kier molecular flexibility index (Phi) is 6.54. The fourth-order valence-corrected chi connectivity index (χ4v) is 3.68. The molecule has 1 unspecified atom stereocenters. The fraction of sp³-hybridized carbons (Fsp3) is 0.261. The maximum absolute atomic E-state index is 12.9. The molecular formula is C23H21ClF2N4O4. The molecule has 0 spiro atoms. The number of aliphatic hydroxyl groups excluding tert-OH is 1. The lowest BCUT2D eigenvalue weighted by Crippen LogP contribution is -2.50. The van der Waals surface area contributed by atoms with Crippen LogP contribution in [0.3, 0.4) is 0 Å². The molecule has 3 aromatic rings. The molecule has 1 aliphatic heterocycles. The lowest BCUT2D eigenvalue weighted by atomic mass is 9.99. The topological polar surface area (TPSA) is 96.7 Å². The van der Waals surface area contributed by atoms with Crippen LogP contribution in [0.25, 0.3) is 11.1 Å². The van der Waals surface area contributed by atoms with Gasteiger partial charge in [-0.3, -0.25) is 9.59 Å². The number of anilines is 2. The van der Waals surface area contributed by atoms with Gasteiger partial charge in [0.25, 0.3) is 11.5 Å². The first kappa shape index (κ1) is 23.7. The predicted octanol–water partition coefficient (Wildman–Crippen LogP) is 3.44. The van der Waals surface area contributed by atoms with Gasteiger partial charge in [0, 0.05) is 54.9 Å². The van der Waals surface area contributed by atoms with Gasteiger partial charge in [0.05, 0.1) is 18.2 Å². The number of nitrogens with one attached hydrogen (secondary N) is 1. The standard InChI is InChI=1S/C23H21ClF2N4O4/c1-29-8-6-14(11-20(29)32)19-10-15(12-27-21(19)30-9-7-17(30)13-31)22(33)28-16-2-4-18(5-3-16)34-23(24,25)26/h2-6,8,10-12,17,31H,7,9,13H2,1H3,(H,28,33). The largest absolute Gasteiger partial charge is 0.487 e. The van der Waals surface area contributed by atoms with Crippen LogP contribution in [0.5, 0.6) is 5.75 Å². The zero-order chi connectivity index (χ0) is 24.5. The molecule has 3 heterocycles. The maximum atomic E-state index is 12.9. The molecule has 34 heavy (non-hydrogen) atoms. The normalized spacial score (nSPS) is 15.6. The Balaban J connectivity index is 1.62. The molecular weight excluding hydrogens is 470 g/mol. The van der Waals surface area contributed by atoms with E-state index in [1.807, 2.05) is 4.90 Å². The quantitative estimate of drug-likeness (QED) is 0.492. The number of amides is 1. The molecule has 4 rings (SSSR count). The first-order valence-corrected chi connectivity index (χ1v) is 10.7.